The van der Waals surface area contributed by atoms with Gasteiger partial charge in [0.2, 0.25) is 11.8 Å². The third-order valence-corrected chi connectivity index (χ3v) is 13.3. The Hall–Kier alpha value is -3.81. The van der Waals surface area contributed by atoms with Crippen molar-refractivity contribution in [3.8, 4) is 21.9 Å². The van der Waals surface area contributed by atoms with Crippen molar-refractivity contribution in [1.82, 2.24) is 30.1 Å². The summed E-state index contributed by atoms with van der Waals surface area (Å²) in [7, 11) is -3.69. The van der Waals surface area contributed by atoms with Crippen LogP contribution in [-0.2, 0) is 27.4 Å². The Morgan fingerprint density at radius 3 is 2.76 bits per heavy atom. The van der Waals surface area contributed by atoms with Crippen LogP contribution >= 0.6 is 11.3 Å². The van der Waals surface area contributed by atoms with Crippen LogP contribution in [0.15, 0.2) is 40.0 Å². The molecule has 0 aromatic carbocycles. The van der Waals surface area contributed by atoms with E-state index in [2.05, 4.69) is 64.2 Å². The van der Waals surface area contributed by atoms with Gasteiger partial charge < -0.3 is 14.5 Å². The first-order valence-corrected chi connectivity index (χ1v) is 19.6. The Kier molecular flexibility index (Phi) is 8.07. The maximum Gasteiger partial charge on any atom is 0.250 e. The van der Waals surface area contributed by atoms with Crippen LogP contribution in [-0.4, -0.2) is 56.5 Å². The predicted octanol–water partition coefficient (Wildman–Crippen LogP) is 7.27. The molecule has 0 saturated carbocycles. The van der Waals surface area contributed by atoms with Crippen LogP contribution in [0.25, 0.3) is 32.1 Å². The quantitative estimate of drug-likeness (QED) is 0.174. The van der Waals surface area contributed by atoms with Crippen LogP contribution < -0.4 is 5.32 Å². The number of hydrogen-bond donors (Lipinski definition) is 1. The van der Waals surface area contributed by atoms with E-state index in [4.69, 9.17) is 14.1 Å². The second-order valence-electron chi connectivity index (χ2n) is 14.6. The molecule has 2 aliphatic heterocycles. The third kappa shape index (κ3) is 5.93. The molecule has 5 aromatic heterocycles. The number of fused-ring (bicyclic) bond motifs is 3. The minimum absolute atomic E-state index is 0.0204. The van der Waals surface area contributed by atoms with Gasteiger partial charge in [0.15, 0.2) is 9.84 Å². The third-order valence-electron chi connectivity index (χ3n) is 10.3. The highest BCUT2D eigenvalue weighted by molar-refractivity contribution is 7.92. The molecule has 0 amide bonds. The summed E-state index contributed by atoms with van der Waals surface area (Å²) in [4.78, 5) is 20.1. The van der Waals surface area contributed by atoms with Crippen LogP contribution in [0.2, 0.25) is 0 Å². The maximum atomic E-state index is 14.2. The van der Waals surface area contributed by atoms with Gasteiger partial charge in [0.25, 0.3) is 0 Å². The van der Waals surface area contributed by atoms with E-state index in [1.165, 1.54) is 16.9 Å². The first-order valence-electron chi connectivity index (χ1n) is 17.2. The fourth-order valence-electron chi connectivity index (χ4n) is 7.91. The molecule has 1 unspecified atom stereocenters. The number of sulfone groups is 1. The molecule has 5 aromatic rings. The van der Waals surface area contributed by atoms with Crippen LogP contribution in [0.5, 0.6) is 0 Å². The highest BCUT2D eigenvalue weighted by Crippen LogP contribution is 2.51. The lowest BCUT2D eigenvalue weighted by atomic mass is 9.84. The van der Waals surface area contributed by atoms with E-state index in [0.717, 1.165) is 65.2 Å². The Morgan fingerprint density at radius 1 is 1.12 bits per heavy atom. The number of anilines is 1. The van der Waals surface area contributed by atoms with Crippen LogP contribution in [0.4, 0.5) is 5.82 Å². The van der Waals surface area contributed by atoms with E-state index in [1.807, 2.05) is 18.3 Å². The van der Waals surface area contributed by atoms with Gasteiger partial charge in [-0.25, -0.2) is 18.4 Å². The molecule has 13 heteroatoms. The zero-order valence-electron chi connectivity index (χ0n) is 28.5. The van der Waals surface area contributed by atoms with E-state index < -0.39 is 9.84 Å². The molecular weight excluding hydrogens is 659 g/mol. The number of aryl methyl sites for hydroxylation is 3. The molecule has 1 saturated heterocycles. The van der Waals surface area contributed by atoms with Crippen LogP contribution in [0.3, 0.4) is 0 Å². The summed E-state index contributed by atoms with van der Waals surface area (Å²) in [5.41, 5.74) is 5.46. The zero-order valence-corrected chi connectivity index (χ0v) is 30.1. The summed E-state index contributed by atoms with van der Waals surface area (Å²) in [5, 5.41) is 12.3. The minimum Gasteiger partial charge on any atom is -0.421 e. The van der Waals surface area contributed by atoms with Crippen molar-refractivity contribution in [3.63, 3.8) is 0 Å². The average Bonchev–Trinajstić information content (AvgIpc) is 3.84. The number of nitrogens with one attached hydrogen (secondary N) is 1. The smallest absolute Gasteiger partial charge is 0.250 e. The largest absolute Gasteiger partial charge is 0.421 e. The monoisotopic (exact) mass is 699 g/mol. The molecular formula is C36H41N7O4S2. The summed E-state index contributed by atoms with van der Waals surface area (Å²) in [6.07, 6.45) is 8.68. The van der Waals surface area contributed by atoms with Crippen molar-refractivity contribution in [2.75, 3.05) is 17.7 Å². The molecule has 3 atom stereocenters. The van der Waals surface area contributed by atoms with Gasteiger partial charge in [0, 0.05) is 41.8 Å². The summed E-state index contributed by atoms with van der Waals surface area (Å²) < 4.78 is 41.4. The topological polar surface area (TPSA) is 146 Å². The van der Waals surface area contributed by atoms with E-state index in [1.54, 1.807) is 13.3 Å². The lowest BCUT2D eigenvalue weighted by Gasteiger charge is -2.35. The fraction of sp³-hybridized carbons (Fsp3) is 0.500. The van der Waals surface area contributed by atoms with E-state index >= 15 is 0 Å². The fourth-order valence-corrected chi connectivity index (χ4v) is 11.3. The Balaban J connectivity index is 1.30. The second kappa shape index (κ2) is 12.2. The summed E-state index contributed by atoms with van der Waals surface area (Å²) in [6.45, 7) is 10.9. The normalized spacial score (nSPS) is 22.4. The van der Waals surface area contributed by atoms with Crippen molar-refractivity contribution in [3.05, 3.63) is 59.3 Å². The van der Waals surface area contributed by atoms with Gasteiger partial charge in [-0.2, -0.15) is 0 Å². The number of pyridine rings is 2. The van der Waals surface area contributed by atoms with Crippen molar-refractivity contribution >= 4 is 37.2 Å². The zero-order chi connectivity index (χ0) is 34.1. The standard InChI is InChI=1S/C36H41N7O4S2/c1-19(2)23-17-49(44,45)33-30(28-15-27-32(48-28)34(39-18-38-27)41-25-11-10-24-22(25)7-6-13-37-24)29(35-43-42-20(3)47-35)26(40-31(23)33)9-8-21-12-14-46-36(4,5)16-21/h6-7,13,15,18-19,21,23,25H,8-12,14,16-17H2,1-5H3,(H,38,39,41)/t21?,23-,25+/m1/s1. The molecule has 3 aliphatic rings. The van der Waals surface area contributed by atoms with Crippen molar-refractivity contribution in [2.45, 2.75) is 95.6 Å². The van der Waals surface area contributed by atoms with Gasteiger partial charge in [-0.3, -0.25) is 9.97 Å². The molecule has 0 spiro atoms. The molecule has 0 bridgehead atoms. The molecule has 1 N–H and O–H groups in total. The number of nitrogens with zero attached hydrogens (tertiary/aromatic N) is 6. The van der Waals surface area contributed by atoms with Gasteiger partial charge in [0.1, 0.15) is 12.1 Å². The lowest BCUT2D eigenvalue weighted by molar-refractivity contribution is -0.0734. The number of thiophene rings is 1. The first-order chi connectivity index (χ1) is 23.5. The van der Waals surface area contributed by atoms with Crippen molar-refractivity contribution in [1.29, 1.82) is 0 Å². The lowest BCUT2D eigenvalue weighted by Crippen LogP contribution is -2.34. The van der Waals surface area contributed by atoms with Gasteiger partial charge in [-0.05, 0) is 81.9 Å². The summed E-state index contributed by atoms with van der Waals surface area (Å²) in [5.74, 6) is 1.74. The van der Waals surface area contributed by atoms with Crippen molar-refractivity contribution in [2.24, 2.45) is 11.8 Å². The number of aromatic nitrogens is 6. The van der Waals surface area contributed by atoms with Crippen LogP contribution in [0, 0.1) is 18.8 Å². The molecule has 1 fully saturated rings. The van der Waals surface area contributed by atoms with Gasteiger partial charge in [0.05, 0.1) is 49.5 Å². The van der Waals surface area contributed by atoms with E-state index in [9.17, 15) is 8.42 Å². The van der Waals surface area contributed by atoms with Gasteiger partial charge in [-0.15, -0.1) is 21.5 Å². The molecule has 8 rings (SSSR count). The first kappa shape index (κ1) is 32.4. The number of rotatable bonds is 8. The van der Waals surface area contributed by atoms with E-state index in [-0.39, 0.29) is 40.0 Å². The number of ether oxygens (including phenoxy) is 1. The highest BCUT2D eigenvalue weighted by atomic mass is 32.2. The predicted molar refractivity (Wildman–Crippen MR) is 188 cm³/mol. The molecule has 256 valence electrons. The Labute approximate surface area is 290 Å². The molecule has 7 heterocycles. The molecule has 0 radical (unpaired) electrons. The summed E-state index contributed by atoms with van der Waals surface area (Å²) in [6, 6.07) is 6.13. The Bertz CT molecular complexity index is 2180. The molecule has 1 aliphatic carbocycles. The van der Waals surface area contributed by atoms with Gasteiger partial charge in [-0.1, -0.05) is 19.9 Å². The van der Waals surface area contributed by atoms with Gasteiger partial charge >= 0.3 is 0 Å². The Morgan fingerprint density at radius 2 is 1.98 bits per heavy atom. The highest BCUT2D eigenvalue weighted by Gasteiger charge is 2.43. The summed E-state index contributed by atoms with van der Waals surface area (Å²) >= 11 is 1.49. The SMILES string of the molecule is Cc1nnc(-c2c(CCC3CCOC(C)(C)C3)nc3c(c2-c2cc4ncnc(N[C@H]5CCc6ncccc65)c4s2)S(=O)(=O)C[C@@H]3C(C)C)o1. The minimum atomic E-state index is -3.69. The van der Waals surface area contributed by atoms with Crippen LogP contribution in [0.1, 0.15) is 93.9 Å². The van der Waals surface area contributed by atoms with Crippen molar-refractivity contribution < 1.29 is 17.6 Å². The van der Waals surface area contributed by atoms with E-state index in [0.29, 0.717) is 40.9 Å². The molecule has 11 nitrogen and oxygen atoms in total. The number of hydrogen-bond acceptors (Lipinski definition) is 12. The maximum absolute atomic E-state index is 14.2. The second-order valence-corrected chi connectivity index (χ2v) is 17.6. The average molecular weight is 700 g/mol. The molecule has 49 heavy (non-hydrogen) atoms.